The number of non-ortho nitro benzene ring substituents is 1. The van der Waals surface area contributed by atoms with Crippen molar-refractivity contribution in [1.29, 1.82) is 0 Å². The van der Waals surface area contributed by atoms with E-state index < -0.39 is 4.92 Å². The first-order valence-electron chi connectivity index (χ1n) is 9.97. The van der Waals surface area contributed by atoms with Crippen molar-refractivity contribution in [2.45, 2.75) is 19.8 Å². The molecule has 1 aliphatic heterocycles. The van der Waals surface area contributed by atoms with Crippen LogP contribution in [-0.4, -0.2) is 38.7 Å². The van der Waals surface area contributed by atoms with E-state index in [0.29, 0.717) is 23.5 Å². The van der Waals surface area contributed by atoms with E-state index in [1.54, 1.807) is 12.1 Å². The van der Waals surface area contributed by atoms with E-state index in [-0.39, 0.29) is 5.69 Å². The van der Waals surface area contributed by atoms with Gasteiger partial charge < -0.3 is 10.2 Å². The fourth-order valence-corrected chi connectivity index (χ4v) is 3.20. The molecule has 158 valence electrons. The second kappa shape index (κ2) is 9.16. The highest BCUT2D eigenvalue weighted by Crippen LogP contribution is 2.22. The minimum atomic E-state index is -0.437. The molecule has 10 heteroatoms. The van der Waals surface area contributed by atoms with Crippen molar-refractivity contribution in [2.75, 3.05) is 28.7 Å². The number of nitrogens with zero attached hydrogens (tertiary/aromatic N) is 6. The molecule has 2 heterocycles. The topological polar surface area (TPSA) is 121 Å². The monoisotopic (exact) mass is 418 g/mol. The van der Waals surface area contributed by atoms with Gasteiger partial charge in [-0.25, -0.2) is 5.43 Å². The molecule has 0 saturated carbocycles. The van der Waals surface area contributed by atoms with Crippen LogP contribution in [0.25, 0.3) is 0 Å². The maximum absolute atomic E-state index is 10.9. The van der Waals surface area contributed by atoms with E-state index in [9.17, 15) is 10.1 Å². The summed E-state index contributed by atoms with van der Waals surface area (Å²) in [6.07, 6.45) is 2.18. The number of nitro benzene ring substituents is 1. The Morgan fingerprint density at radius 2 is 1.68 bits per heavy atom. The Hall–Kier alpha value is -4.08. The van der Waals surface area contributed by atoms with Crippen molar-refractivity contribution in [1.82, 2.24) is 15.0 Å². The van der Waals surface area contributed by atoms with E-state index in [0.717, 1.165) is 37.2 Å². The first kappa shape index (κ1) is 20.2. The number of nitro groups is 1. The number of aromatic nitrogens is 3. The van der Waals surface area contributed by atoms with Gasteiger partial charge in [-0.15, -0.1) is 0 Å². The molecule has 1 aliphatic rings. The summed E-state index contributed by atoms with van der Waals surface area (Å²) in [5, 5.41) is 18.4. The smallest absolute Gasteiger partial charge is 0.269 e. The lowest BCUT2D eigenvalue weighted by molar-refractivity contribution is -0.384. The van der Waals surface area contributed by atoms with E-state index in [4.69, 9.17) is 0 Å². The molecule has 0 radical (unpaired) electrons. The van der Waals surface area contributed by atoms with Gasteiger partial charge in [-0.3, -0.25) is 10.1 Å². The average Bonchev–Trinajstić information content (AvgIpc) is 3.33. The van der Waals surface area contributed by atoms with E-state index in [1.165, 1.54) is 12.1 Å². The first-order valence-corrected chi connectivity index (χ1v) is 9.97. The summed E-state index contributed by atoms with van der Waals surface area (Å²) in [6, 6.07) is 15.9. The Labute approximate surface area is 179 Å². The zero-order valence-corrected chi connectivity index (χ0v) is 17.0. The van der Waals surface area contributed by atoms with Gasteiger partial charge in [-0.1, -0.05) is 30.3 Å². The third kappa shape index (κ3) is 5.10. The van der Waals surface area contributed by atoms with Crippen molar-refractivity contribution in [3.8, 4) is 0 Å². The highest BCUT2D eigenvalue weighted by Gasteiger charge is 2.18. The maximum atomic E-state index is 10.9. The Bertz CT molecular complexity index is 1080. The van der Waals surface area contributed by atoms with Crippen LogP contribution in [0.2, 0.25) is 0 Å². The molecule has 0 aliphatic carbocycles. The van der Waals surface area contributed by atoms with Crippen LogP contribution in [0.15, 0.2) is 59.7 Å². The molecule has 1 aromatic heterocycles. The second-order valence-electron chi connectivity index (χ2n) is 7.08. The van der Waals surface area contributed by atoms with Crippen LogP contribution in [0.5, 0.6) is 0 Å². The average molecular weight is 418 g/mol. The van der Waals surface area contributed by atoms with E-state index in [1.807, 2.05) is 37.3 Å². The Balaban J connectivity index is 1.58. The Morgan fingerprint density at radius 1 is 1.00 bits per heavy atom. The number of rotatable bonds is 7. The molecule has 0 amide bonds. The quantitative estimate of drug-likeness (QED) is 0.336. The number of hydrazone groups is 1. The van der Waals surface area contributed by atoms with Gasteiger partial charge in [0.1, 0.15) is 0 Å². The van der Waals surface area contributed by atoms with Crippen LogP contribution in [0.3, 0.4) is 0 Å². The van der Waals surface area contributed by atoms with Gasteiger partial charge in [-0.2, -0.15) is 20.1 Å². The number of hydrogen-bond acceptors (Lipinski definition) is 9. The number of anilines is 4. The third-order valence-corrected chi connectivity index (χ3v) is 4.86. The van der Waals surface area contributed by atoms with Gasteiger partial charge in [0.05, 0.1) is 10.6 Å². The molecule has 0 unspecified atom stereocenters. The lowest BCUT2D eigenvalue weighted by Crippen LogP contribution is -2.22. The van der Waals surface area contributed by atoms with Gasteiger partial charge in [0.15, 0.2) is 0 Å². The van der Waals surface area contributed by atoms with Crippen LogP contribution in [0.1, 0.15) is 25.3 Å². The molecule has 0 spiro atoms. The fraction of sp³-hybridized carbons (Fsp3) is 0.238. The summed E-state index contributed by atoms with van der Waals surface area (Å²) in [4.78, 5) is 26.0. The predicted octanol–water partition coefficient (Wildman–Crippen LogP) is 3.96. The molecule has 4 rings (SSSR count). The molecule has 1 fully saturated rings. The fourth-order valence-electron chi connectivity index (χ4n) is 3.20. The molecular formula is C21H22N8O2. The van der Waals surface area contributed by atoms with Gasteiger partial charge in [-0.05, 0) is 37.5 Å². The SMILES string of the molecule is CC(=NNc1nc(Nc2ccc([N+](=O)[O-])cc2)nc(N2CCCC2)n1)c1ccccc1. The maximum Gasteiger partial charge on any atom is 0.269 e. The normalized spacial score (nSPS) is 13.8. The second-order valence-corrected chi connectivity index (χ2v) is 7.08. The highest BCUT2D eigenvalue weighted by atomic mass is 16.6. The lowest BCUT2D eigenvalue weighted by atomic mass is 10.1. The predicted molar refractivity (Wildman–Crippen MR) is 120 cm³/mol. The van der Waals surface area contributed by atoms with Crippen LogP contribution in [0.4, 0.5) is 29.2 Å². The minimum Gasteiger partial charge on any atom is -0.341 e. The van der Waals surface area contributed by atoms with Crippen molar-refractivity contribution in [3.05, 3.63) is 70.3 Å². The Kier molecular flexibility index (Phi) is 5.97. The van der Waals surface area contributed by atoms with Crippen molar-refractivity contribution >= 4 is 34.9 Å². The first-order chi connectivity index (χ1) is 15.1. The van der Waals surface area contributed by atoms with Crippen LogP contribution >= 0.6 is 0 Å². The van der Waals surface area contributed by atoms with Gasteiger partial charge in [0.25, 0.3) is 5.69 Å². The molecule has 10 nitrogen and oxygen atoms in total. The number of nitrogens with one attached hydrogen (secondary N) is 2. The molecule has 2 aromatic carbocycles. The minimum absolute atomic E-state index is 0.0204. The summed E-state index contributed by atoms with van der Waals surface area (Å²) in [6.45, 7) is 3.67. The number of hydrogen-bond donors (Lipinski definition) is 2. The van der Waals surface area contributed by atoms with Crippen LogP contribution in [-0.2, 0) is 0 Å². The van der Waals surface area contributed by atoms with Crippen molar-refractivity contribution in [3.63, 3.8) is 0 Å². The lowest BCUT2D eigenvalue weighted by Gasteiger charge is -2.16. The zero-order valence-electron chi connectivity index (χ0n) is 17.0. The molecule has 0 bridgehead atoms. The number of benzene rings is 2. The largest absolute Gasteiger partial charge is 0.341 e. The summed E-state index contributed by atoms with van der Waals surface area (Å²) < 4.78 is 0. The molecule has 1 saturated heterocycles. The van der Waals surface area contributed by atoms with Gasteiger partial charge in [0, 0.05) is 30.9 Å². The molecule has 2 N–H and O–H groups in total. The summed E-state index contributed by atoms with van der Waals surface area (Å²) in [7, 11) is 0. The van der Waals surface area contributed by atoms with E-state index in [2.05, 4.69) is 35.7 Å². The van der Waals surface area contributed by atoms with E-state index >= 15 is 0 Å². The highest BCUT2D eigenvalue weighted by molar-refractivity contribution is 5.98. The van der Waals surface area contributed by atoms with Gasteiger partial charge in [0.2, 0.25) is 17.8 Å². The Morgan fingerprint density at radius 3 is 2.35 bits per heavy atom. The molecule has 3 aromatic rings. The van der Waals surface area contributed by atoms with Gasteiger partial charge >= 0.3 is 0 Å². The van der Waals surface area contributed by atoms with Crippen LogP contribution < -0.4 is 15.6 Å². The summed E-state index contributed by atoms with van der Waals surface area (Å²) in [5.41, 5.74) is 5.38. The van der Waals surface area contributed by atoms with Crippen molar-refractivity contribution < 1.29 is 4.92 Å². The molecular weight excluding hydrogens is 396 g/mol. The summed E-state index contributed by atoms with van der Waals surface area (Å²) in [5.74, 6) is 1.21. The molecule has 0 atom stereocenters. The molecule has 31 heavy (non-hydrogen) atoms. The third-order valence-electron chi connectivity index (χ3n) is 4.86. The summed E-state index contributed by atoms with van der Waals surface area (Å²) >= 11 is 0. The zero-order chi connectivity index (χ0) is 21.6. The van der Waals surface area contributed by atoms with Crippen LogP contribution in [0, 0.1) is 10.1 Å². The van der Waals surface area contributed by atoms with Crippen molar-refractivity contribution in [2.24, 2.45) is 5.10 Å². The standard InChI is InChI=1S/C21H22N8O2/c1-15(16-7-3-2-4-8-16)26-27-20-23-19(24-21(25-20)28-13-5-6-14-28)22-17-9-11-18(12-10-17)29(30)31/h2-4,7-12H,5-6,13-14H2,1H3,(H2,22,23,24,25,27).